The predicted octanol–water partition coefficient (Wildman–Crippen LogP) is 2.71. The van der Waals surface area contributed by atoms with Gasteiger partial charge in [-0.25, -0.2) is 0 Å². The van der Waals surface area contributed by atoms with Crippen LogP contribution in [0.2, 0.25) is 0 Å². The predicted molar refractivity (Wildman–Crippen MR) is 76.0 cm³/mol. The zero-order valence-electron chi connectivity index (χ0n) is 11.0. The summed E-state index contributed by atoms with van der Waals surface area (Å²) in [4.78, 5) is 4.11. The number of hydrogen-bond acceptors (Lipinski definition) is 3. The quantitative estimate of drug-likeness (QED) is 0.783. The molecule has 96 valence electrons. The molecule has 1 heterocycles. The van der Waals surface area contributed by atoms with Crippen LogP contribution in [0, 0.1) is 0 Å². The molecule has 17 heavy (non-hydrogen) atoms. The molecule has 0 spiro atoms. The van der Waals surface area contributed by atoms with E-state index in [1.54, 1.807) is 10.4 Å². The van der Waals surface area contributed by atoms with Crippen LogP contribution >= 0.6 is 11.3 Å². The van der Waals surface area contributed by atoms with Gasteiger partial charge in [0.25, 0.3) is 0 Å². The summed E-state index contributed by atoms with van der Waals surface area (Å²) in [5.41, 5.74) is 1.64. The molecule has 0 saturated heterocycles. The Morgan fingerprint density at radius 3 is 3.24 bits per heavy atom. The van der Waals surface area contributed by atoms with Crippen molar-refractivity contribution in [1.82, 2.24) is 10.2 Å². The highest BCUT2D eigenvalue weighted by Crippen LogP contribution is 2.35. The van der Waals surface area contributed by atoms with Crippen LogP contribution in [0.1, 0.15) is 36.1 Å². The first kappa shape index (κ1) is 13.1. The standard InChI is InChI=1S/C14H24N2S/c1-3-15-8-9-16(2)11-12-5-4-6-14-13(12)7-10-17-14/h7,10,12,15H,3-6,8-9,11H2,1-2H3. The highest BCUT2D eigenvalue weighted by molar-refractivity contribution is 7.10. The van der Waals surface area contributed by atoms with Crippen molar-refractivity contribution in [3.05, 3.63) is 21.9 Å². The first-order valence-corrected chi connectivity index (χ1v) is 7.64. The second-order valence-corrected chi connectivity index (χ2v) is 6.00. The molecular weight excluding hydrogens is 228 g/mol. The summed E-state index contributed by atoms with van der Waals surface area (Å²) in [6.45, 7) is 6.72. The Bertz CT molecular complexity index is 335. The van der Waals surface area contributed by atoms with Gasteiger partial charge in [-0.1, -0.05) is 6.92 Å². The minimum Gasteiger partial charge on any atom is -0.316 e. The third-order valence-corrected chi connectivity index (χ3v) is 4.62. The molecule has 1 N–H and O–H groups in total. The second-order valence-electron chi connectivity index (χ2n) is 5.00. The Kier molecular flexibility index (Phi) is 5.01. The topological polar surface area (TPSA) is 15.3 Å². The van der Waals surface area contributed by atoms with Crippen molar-refractivity contribution < 1.29 is 0 Å². The lowest BCUT2D eigenvalue weighted by Crippen LogP contribution is -2.32. The fourth-order valence-electron chi connectivity index (χ4n) is 2.69. The van der Waals surface area contributed by atoms with Gasteiger partial charge in [-0.3, -0.25) is 0 Å². The van der Waals surface area contributed by atoms with Crippen LogP contribution in [0.25, 0.3) is 0 Å². The summed E-state index contributed by atoms with van der Waals surface area (Å²) in [5.74, 6) is 0.775. The van der Waals surface area contributed by atoms with E-state index in [0.717, 1.165) is 25.6 Å². The van der Waals surface area contributed by atoms with E-state index in [-0.39, 0.29) is 0 Å². The van der Waals surface area contributed by atoms with Gasteiger partial charge in [0.1, 0.15) is 0 Å². The molecule has 2 rings (SSSR count). The Morgan fingerprint density at radius 2 is 2.41 bits per heavy atom. The van der Waals surface area contributed by atoms with Gasteiger partial charge in [-0.15, -0.1) is 11.3 Å². The summed E-state index contributed by atoms with van der Waals surface area (Å²) in [7, 11) is 2.25. The lowest BCUT2D eigenvalue weighted by molar-refractivity contribution is 0.298. The zero-order chi connectivity index (χ0) is 12.1. The number of nitrogens with one attached hydrogen (secondary N) is 1. The Balaban J connectivity index is 1.84. The molecule has 1 aromatic rings. The molecule has 1 unspecified atom stereocenters. The summed E-state index contributed by atoms with van der Waals surface area (Å²) in [6.07, 6.45) is 4.05. The smallest absolute Gasteiger partial charge is 0.0104 e. The first-order valence-electron chi connectivity index (χ1n) is 6.76. The number of nitrogens with zero attached hydrogens (tertiary/aromatic N) is 1. The molecule has 3 heteroatoms. The molecule has 0 saturated carbocycles. The van der Waals surface area contributed by atoms with Gasteiger partial charge in [-0.05, 0) is 55.8 Å². The van der Waals surface area contributed by atoms with Gasteiger partial charge in [0, 0.05) is 24.5 Å². The molecule has 0 aromatic carbocycles. The number of likely N-dealkylation sites (N-methyl/N-ethyl adjacent to an activating group) is 2. The fourth-order valence-corrected chi connectivity index (χ4v) is 3.70. The summed E-state index contributed by atoms with van der Waals surface area (Å²) < 4.78 is 0. The van der Waals surface area contributed by atoms with Crippen LogP contribution in [0.5, 0.6) is 0 Å². The minimum absolute atomic E-state index is 0.775. The van der Waals surface area contributed by atoms with Crippen molar-refractivity contribution in [3.63, 3.8) is 0 Å². The molecule has 1 aliphatic carbocycles. The molecule has 1 aromatic heterocycles. The average Bonchev–Trinajstić information content (AvgIpc) is 2.78. The first-order chi connectivity index (χ1) is 8.31. The SMILES string of the molecule is CCNCCN(C)CC1CCCc2sccc21. The Labute approximate surface area is 109 Å². The third kappa shape index (κ3) is 3.54. The molecule has 0 fully saturated rings. The largest absolute Gasteiger partial charge is 0.316 e. The van der Waals surface area contributed by atoms with Gasteiger partial charge in [0.05, 0.1) is 0 Å². The normalized spacial score (nSPS) is 19.6. The number of fused-ring (bicyclic) bond motifs is 1. The molecule has 2 nitrogen and oxygen atoms in total. The van der Waals surface area contributed by atoms with E-state index in [2.05, 4.69) is 35.6 Å². The highest BCUT2D eigenvalue weighted by Gasteiger charge is 2.21. The van der Waals surface area contributed by atoms with Crippen LogP contribution in [-0.2, 0) is 6.42 Å². The lowest BCUT2D eigenvalue weighted by atomic mass is 9.87. The van der Waals surface area contributed by atoms with Crippen LogP contribution in [0.3, 0.4) is 0 Å². The van der Waals surface area contributed by atoms with Crippen molar-refractivity contribution in [1.29, 1.82) is 0 Å². The van der Waals surface area contributed by atoms with E-state index < -0.39 is 0 Å². The number of rotatable bonds is 6. The maximum absolute atomic E-state index is 3.39. The minimum atomic E-state index is 0.775. The number of hydrogen-bond donors (Lipinski definition) is 1. The summed E-state index contributed by atoms with van der Waals surface area (Å²) >= 11 is 1.95. The van der Waals surface area contributed by atoms with Crippen molar-refractivity contribution in [2.75, 3.05) is 33.2 Å². The molecule has 1 aliphatic rings. The van der Waals surface area contributed by atoms with E-state index in [4.69, 9.17) is 0 Å². The van der Waals surface area contributed by atoms with Crippen LogP contribution in [-0.4, -0.2) is 38.1 Å². The zero-order valence-corrected chi connectivity index (χ0v) is 11.9. The maximum Gasteiger partial charge on any atom is 0.0104 e. The molecular formula is C14H24N2S. The molecule has 0 aliphatic heterocycles. The maximum atomic E-state index is 3.39. The van der Waals surface area contributed by atoms with E-state index in [1.165, 1.54) is 25.8 Å². The van der Waals surface area contributed by atoms with Crippen molar-refractivity contribution in [3.8, 4) is 0 Å². The van der Waals surface area contributed by atoms with Crippen molar-refractivity contribution >= 4 is 11.3 Å². The number of aryl methyl sites for hydroxylation is 1. The monoisotopic (exact) mass is 252 g/mol. The van der Waals surface area contributed by atoms with Crippen LogP contribution in [0.15, 0.2) is 11.4 Å². The van der Waals surface area contributed by atoms with Gasteiger partial charge < -0.3 is 10.2 Å². The highest BCUT2D eigenvalue weighted by atomic mass is 32.1. The van der Waals surface area contributed by atoms with E-state index >= 15 is 0 Å². The van der Waals surface area contributed by atoms with Crippen LogP contribution < -0.4 is 5.32 Å². The van der Waals surface area contributed by atoms with E-state index in [9.17, 15) is 0 Å². The van der Waals surface area contributed by atoms with Gasteiger partial charge in [-0.2, -0.15) is 0 Å². The lowest BCUT2D eigenvalue weighted by Gasteiger charge is -2.27. The van der Waals surface area contributed by atoms with Gasteiger partial charge in [0.2, 0.25) is 0 Å². The van der Waals surface area contributed by atoms with Gasteiger partial charge >= 0.3 is 0 Å². The Morgan fingerprint density at radius 1 is 1.53 bits per heavy atom. The fraction of sp³-hybridized carbons (Fsp3) is 0.714. The van der Waals surface area contributed by atoms with Gasteiger partial charge in [0.15, 0.2) is 0 Å². The molecule has 1 atom stereocenters. The van der Waals surface area contributed by atoms with E-state index in [0.29, 0.717) is 0 Å². The van der Waals surface area contributed by atoms with Crippen molar-refractivity contribution in [2.45, 2.75) is 32.1 Å². The number of thiophene rings is 1. The van der Waals surface area contributed by atoms with Crippen molar-refractivity contribution in [2.24, 2.45) is 0 Å². The third-order valence-electron chi connectivity index (χ3n) is 3.63. The molecule has 0 bridgehead atoms. The second kappa shape index (κ2) is 6.53. The average molecular weight is 252 g/mol. The Hall–Kier alpha value is -0.380. The van der Waals surface area contributed by atoms with E-state index in [1.807, 2.05) is 11.3 Å². The molecule has 0 amide bonds. The van der Waals surface area contributed by atoms with Crippen LogP contribution in [0.4, 0.5) is 0 Å². The summed E-state index contributed by atoms with van der Waals surface area (Å²) in [6, 6.07) is 2.35. The summed E-state index contributed by atoms with van der Waals surface area (Å²) in [5, 5.41) is 5.66. The molecule has 0 radical (unpaired) electrons.